The molecule has 0 aromatic heterocycles. The average Bonchev–Trinajstić information content (AvgIpc) is 2.56. The summed E-state index contributed by atoms with van der Waals surface area (Å²) in [5.41, 5.74) is 10.6. The molecular formula is C11H11FN2O4. The normalized spacial score (nSPS) is 21.2. The van der Waals surface area contributed by atoms with Gasteiger partial charge in [0.2, 0.25) is 0 Å². The van der Waals surface area contributed by atoms with Gasteiger partial charge in [0.1, 0.15) is 11.9 Å². The molecule has 7 heteroatoms. The first-order valence-corrected chi connectivity index (χ1v) is 5.18. The van der Waals surface area contributed by atoms with E-state index in [2.05, 4.69) is 0 Å². The fourth-order valence-corrected chi connectivity index (χ4v) is 2.10. The molecule has 18 heavy (non-hydrogen) atoms. The first-order chi connectivity index (χ1) is 8.49. The number of primary amides is 2. The Bertz CT molecular complexity index is 506. The number of fused-ring (bicyclic) bond motifs is 1. The molecule has 0 spiro atoms. The minimum atomic E-state index is -1.07. The summed E-state index contributed by atoms with van der Waals surface area (Å²) < 4.78 is 23.3. The molecule has 2 amide bonds. The van der Waals surface area contributed by atoms with Crippen LogP contribution < -0.4 is 11.5 Å². The molecule has 1 aliphatic rings. The van der Waals surface area contributed by atoms with Gasteiger partial charge >= 0.3 is 12.2 Å². The molecular weight excluding hydrogens is 243 g/mol. The van der Waals surface area contributed by atoms with Crippen molar-refractivity contribution in [3.05, 3.63) is 35.1 Å². The van der Waals surface area contributed by atoms with E-state index in [1.807, 2.05) is 0 Å². The standard InChI is InChI=1S/C11H11FN2O4/c12-6-3-1-2-5-4-7(17-10(13)15)9(8(5)6)18-11(14)16/h1-3,7,9H,4H2,(H2,13,15)(H2,14,16). The van der Waals surface area contributed by atoms with Gasteiger partial charge in [-0.3, -0.25) is 0 Å². The Morgan fingerprint density at radius 1 is 1.22 bits per heavy atom. The summed E-state index contributed by atoms with van der Waals surface area (Å²) in [7, 11) is 0. The second-order valence-corrected chi connectivity index (χ2v) is 3.85. The molecule has 0 aliphatic heterocycles. The van der Waals surface area contributed by atoms with Crippen LogP contribution in [0.5, 0.6) is 0 Å². The van der Waals surface area contributed by atoms with Gasteiger partial charge in [-0.2, -0.15) is 0 Å². The van der Waals surface area contributed by atoms with Crippen molar-refractivity contribution >= 4 is 12.2 Å². The molecule has 0 saturated heterocycles. The van der Waals surface area contributed by atoms with Gasteiger partial charge in [-0.15, -0.1) is 0 Å². The van der Waals surface area contributed by atoms with Crippen molar-refractivity contribution in [1.29, 1.82) is 0 Å². The first-order valence-electron chi connectivity index (χ1n) is 5.18. The highest BCUT2D eigenvalue weighted by Gasteiger charge is 2.39. The van der Waals surface area contributed by atoms with E-state index in [9.17, 15) is 14.0 Å². The Morgan fingerprint density at radius 2 is 1.89 bits per heavy atom. The first kappa shape index (κ1) is 12.2. The topological polar surface area (TPSA) is 105 Å². The van der Waals surface area contributed by atoms with Crippen LogP contribution >= 0.6 is 0 Å². The molecule has 2 rings (SSSR count). The molecule has 1 aromatic rings. The van der Waals surface area contributed by atoms with Crippen molar-refractivity contribution in [2.75, 3.05) is 0 Å². The smallest absolute Gasteiger partial charge is 0.405 e. The molecule has 0 heterocycles. The third kappa shape index (κ3) is 2.20. The molecule has 0 fully saturated rings. The number of nitrogens with two attached hydrogens (primary N) is 2. The van der Waals surface area contributed by atoms with E-state index in [1.165, 1.54) is 12.1 Å². The van der Waals surface area contributed by atoms with E-state index in [0.717, 1.165) is 0 Å². The van der Waals surface area contributed by atoms with Crippen LogP contribution in [0.15, 0.2) is 18.2 Å². The lowest BCUT2D eigenvalue weighted by Crippen LogP contribution is -2.30. The number of rotatable bonds is 2. The Hall–Kier alpha value is -2.31. The molecule has 0 radical (unpaired) electrons. The van der Waals surface area contributed by atoms with Gasteiger partial charge in [-0.25, -0.2) is 14.0 Å². The van der Waals surface area contributed by atoms with Crippen molar-refractivity contribution in [2.45, 2.75) is 18.6 Å². The van der Waals surface area contributed by atoms with Gasteiger partial charge < -0.3 is 20.9 Å². The van der Waals surface area contributed by atoms with E-state index >= 15 is 0 Å². The third-order valence-electron chi connectivity index (χ3n) is 2.70. The lowest BCUT2D eigenvalue weighted by atomic mass is 10.1. The van der Waals surface area contributed by atoms with E-state index in [-0.39, 0.29) is 12.0 Å². The molecule has 0 saturated carbocycles. The summed E-state index contributed by atoms with van der Waals surface area (Å²) in [6.07, 6.45) is -3.80. The van der Waals surface area contributed by atoms with Crippen LogP contribution in [0.2, 0.25) is 0 Å². The van der Waals surface area contributed by atoms with Gasteiger partial charge in [0.05, 0.1) is 0 Å². The zero-order valence-corrected chi connectivity index (χ0v) is 9.26. The largest absolute Gasteiger partial charge is 0.442 e. The molecule has 0 bridgehead atoms. The van der Waals surface area contributed by atoms with Gasteiger partial charge in [0.15, 0.2) is 6.10 Å². The zero-order chi connectivity index (χ0) is 13.3. The highest BCUT2D eigenvalue weighted by atomic mass is 19.1. The predicted molar refractivity (Wildman–Crippen MR) is 58.0 cm³/mol. The van der Waals surface area contributed by atoms with E-state index in [4.69, 9.17) is 20.9 Å². The van der Waals surface area contributed by atoms with Gasteiger partial charge in [0.25, 0.3) is 0 Å². The Morgan fingerprint density at radius 3 is 2.50 bits per heavy atom. The number of carbonyl (C=O) groups excluding carboxylic acids is 2. The van der Waals surface area contributed by atoms with Crippen LogP contribution in [0, 0.1) is 5.82 Å². The predicted octanol–water partition coefficient (Wildman–Crippen LogP) is 0.982. The van der Waals surface area contributed by atoms with Crippen LogP contribution in [0.25, 0.3) is 0 Å². The maximum absolute atomic E-state index is 13.7. The van der Waals surface area contributed by atoms with Crippen molar-refractivity contribution in [3.63, 3.8) is 0 Å². The van der Waals surface area contributed by atoms with E-state index in [0.29, 0.717) is 5.56 Å². The molecule has 4 N–H and O–H groups in total. The summed E-state index contributed by atoms with van der Waals surface area (Å²) in [4.78, 5) is 21.6. The van der Waals surface area contributed by atoms with Crippen molar-refractivity contribution in [3.8, 4) is 0 Å². The number of hydrogen-bond donors (Lipinski definition) is 2. The molecule has 96 valence electrons. The van der Waals surface area contributed by atoms with Gasteiger partial charge in [0, 0.05) is 12.0 Å². The molecule has 6 nitrogen and oxygen atoms in total. The lowest BCUT2D eigenvalue weighted by molar-refractivity contribution is 0.00451. The highest BCUT2D eigenvalue weighted by molar-refractivity contribution is 5.67. The Kier molecular flexibility index (Phi) is 3.05. The quantitative estimate of drug-likeness (QED) is 0.820. The summed E-state index contributed by atoms with van der Waals surface area (Å²) in [5.74, 6) is -0.547. The second kappa shape index (κ2) is 4.52. The average molecular weight is 254 g/mol. The summed E-state index contributed by atoms with van der Waals surface area (Å²) in [5, 5.41) is 0. The van der Waals surface area contributed by atoms with Crippen LogP contribution in [-0.4, -0.2) is 18.3 Å². The number of halogens is 1. The second-order valence-electron chi connectivity index (χ2n) is 3.85. The maximum atomic E-state index is 13.7. The molecule has 1 aliphatic carbocycles. The minimum Gasteiger partial charge on any atom is -0.442 e. The number of benzene rings is 1. The fraction of sp³-hybridized carbons (Fsp3) is 0.273. The summed E-state index contributed by atoms with van der Waals surface area (Å²) >= 11 is 0. The molecule has 2 unspecified atom stereocenters. The molecule has 2 atom stereocenters. The summed E-state index contributed by atoms with van der Waals surface area (Å²) in [6.45, 7) is 0. The van der Waals surface area contributed by atoms with Gasteiger partial charge in [-0.05, 0) is 11.6 Å². The Balaban J connectivity index is 2.35. The number of hydrogen-bond acceptors (Lipinski definition) is 4. The third-order valence-corrected chi connectivity index (χ3v) is 2.70. The van der Waals surface area contributed by atoms with Crippen molar-refractivity contribution < 1.29 is 23.5 Å². The number of amides is 2. The van der Waals surface area contributed by atoms with Crippen LogP contribution in [0.3, 0.4) is 0 Å². The van der Waals surface area contributed by atoms with Crippen LogP contribution in [-0.2, 0) is 15.9 Å². The van der Waals surface area contributed by atoms with E-state index < -0.39 is 30.2 Å². The van der Waals surface area contributed by atoms with Crippen molar-refractivity contribution in [2.24, 2.45) is 11.5 Å². The highest BCUT2D eigenvalue weighted by Crippen LogP contribution is 2.37. The minimum absolute atomic E-state index is 0.169. The SMILES string of the molecule is NC(=O)OC1Cc2cccc(F)c2C1OC(N)=O. The summed E-state index contributed by atoms with van der Waals surface area (Å²) in [6, 6.07) is 4.39. The van der Waals surface area contributed by atoms with Crippen molar-refractivity contribution in [1.82, 2.24) is 0 Å². The van der Waals surface area contributed by atoms with E-state index in [1.54, 1.807) is 6.07 Å². The Labute approximate surface area is 102 Å². The zero-order valence-electron chi connectivity index (χ0n) is 9.26. The van der Waals surface area contributed by atoms with Crippen LogP contribution in [0.4, 0.5) is 14.0 Å². The maximum Gasteiger partial charge on any atom is 0.405 e. The number of ether oxygens (including phenoxy) is 2. The molecule has 1 aromatic carbocycles. The van der Waals surface area contributed by atoms with Crippen LogP contribution in [0.1, 0.15) is 17.2 Å². The van der Waals surface area contributed by atoms with Gasteiger partial charge in [-0.1, -0.05) is 12.1 Å². The fourth-order valence-electron chi connectivity index (χ4n) is 2.10. The number of carbonyl (C=O) groups is 2. The lowest BCUT2D eigenvalue weighted by Gasteiger charge is -2.19. The monoisotopic (exact) mass is 254 g/mol.